The van der Waals surface area contributed by atoms with Crippen LogP contribution >= 0.6 is 23.2 Å². The molecule has 0 aromatic rings. The van der Waals surface area contributed by atoms with Crippen LogP contribution in [0.25, 0.3) is 0 Å². The van der Waals surface area contributed by atoms with E-state index < -0.39 is 20.7 Å². The van der Waals surface area contributed by atoms with Gasteiger partial charge in [0.25, 0.3) is 10.0 Å². The fourth-order valence-electron chi connectivity index (χ4n) is 2.42. The van der Waals surface area contributed by atoms with E-state index in [4.69, 9.17) is 23.2 Å². The number of rotatable bonds is 1. The number of halogens is 2. The Balaban J connectivity index is 2.37. The Hall–Kier alpha value is 0.680. The smallest absolute Gasteiger partial charge is 0.204 e. The van der Waals surface area contributed by atoms with Crippen LogP contribution < -0.4 is 0 Å². The summed E-state index contributed by atoms with van der Waals surface area (Å²) in [7, 11) is -3.79. The maximum Gasteiger partial charge on any atom is 0.255 e. The molecule has 0 saturated carbocycles. The normalized spacial score (nSPS) is 44.1. The number of fused-ring (bicyclic) bond motifs is 2. The maximum absolute atomic E-state index is 11.3. The summed E-state index contributed by atoms with van der Waals surface area (Å²) < 4.78 is 26.6. The third-order valence-corrected chi connectivity index (χ3v) is 8.59. The van der Waals surface area contributed by atoms with Crippen molar-refractivity contribution < 1.29 is 8.42 Å². The van der Waals surface area contributed by atoms with Crippen LogP contribution in [-0.4, -0.2) is 35.9 Å². The molecule has 94 valence electrons. The summed E-state index contributed by atoms with van der Waals surface area (Å²) >= 11 is 12.5. The third kappa shape index (κ3) is 2.74. The molecule has 0 spiro atoms. The molecule has 2 rings (SSSR count). The van der Waals surface area contributed by atoms with Crippen LogP contribution in [0.5, 0.6) is 0 Å². The second kappa shape index (κ2) is 4.75. The predicted molar refractivity (Wildman–Crippen MR) is 70.0 cm³/mol. The highest BCUT2D eigenvalue weighted by Gasteiger charge is 2.42. The van der Waals surface area contributed by atoms with Crippen LogP contribution in [0.2, 0.25) is 0 Å². The first-order valence-electron chi connectivity index (χ1n) is 5.31. The minimum Gasteiger partial charge on any atom is -0.204 e. The van der Waals surface area contributed by atoms with E-state index in [0.29, 0.717) is 0 Å². The van der Waals surface area contributed by atoms with Crippen molar-refractivity contribution in [3.63, 3.8) is 0 Å². The zero-order chi connectivity index (χ0) is 11.9. The Bertz CT molecular complexity index is 390. The molecule has 2 saturated heterocycles. The first-order chi connectivity index (χ1) is 7.38. The first kappa shape index (κ1) is 13.1. The van der Waals surface area contributed by atoms with Crippen molar-refractivity contribution in [1.29, 1.82) is 0 Å². The van der Waals surface area contributed by atoms with E-state index in [1.54, 1.807) is 0 Å². The number of hydrogen-bond donors (Lipinski definition) is 0. The Morgan fingerprint density at radius 1 is 1.06 bits per heavy atom. The molecule has 0 aromatic heterocycles. The molecule has 0 aliphatic carbocycles. The number of hydrogen-bond acceptors (Lipinski definition) is 2. The minimum absolute atomic E-state index is 0.0641. The lowest BCUT2D eigenvalue weighted by molar-refractivity contribution is 0.495. The van der Waals surface area contributed by atoms with E-state index in [0.717, 1.165) is 31.9 Å². The van der Waals surface area contributed by atoms with Crippen LogP contribution in [0.3, 0.4) is 0 Å². The molecule has 7 heteroatoms. The molecule has 0 radical (unpaired) electrons. The lowest BCUT2D eigenvalue weighted by atomic mass is 9.98. The molecule has 2 fully saturated rings. The van der Waals surface area contributed by atoms with Crippen molar-refractivity contribution in [1.82, 2.24) is 0 Å². The van der Waals surface area contributed by atoms with Gasteiger partial charge in [-0.25, -0.2) is 8.42 Å². The molecule has 0 unspecified atom stereocenters. The summed E-state index contributed by atoms with van der Waals surface area (Å²) in [5.41, 5.74) is 0. The lowest BCUT2D eigenvalue weighted by Crippen LogP contribution is -2.47. The fraction of sp³-hybridized carbons (Fsp3) is 1.00. The molecule has 4 atom stereocenters. The van der Waals surface area contributed by atoms with E-state index in [2.05, 4.69) is 3.77 Å². The average molecular weight is 304 g/mol. The number of alkyl halides is 2. The van der Waals surface area contributed by atoms with Crippen LogP contribution in [-0.2, 0) is 20.7 Å². The second-order valence-corrected chi connectivity index (χ2v) is 9.51. The SMILES string of the molecule is CS(=O)(=O)N=S1[C@@H]2CC[C@@H](Cl)[C@H]1CC[C@H]2Cl. The molecule has 0 N–H and O–H groups in total. The largest absolute Gasteiger partial charge is 0.255 e. The Kier molecular flexibility index (Phi) is 3.89. The highest BCUT2D eigenvalue weighted by Crippen LogP contribution is 2.40. The molecule has 16 heavy (non-hydrogen) atoms. The van der Waals surface area contributed by atoms with Crippen molar-refractivity contribution in [2.24, 2.45) is 3.77 Å². The predicted octanol–water partition coefficient (Wildman–Crippen LogP) is 2.29. The molecule has 2 bridgehead atoms. The fourth-order valence-corrected chi connectivity index (χ4v) is 7.77. The third-order valence-electron chi connectivity index (χ3n) is 3.10. The van der Waals surface area contributed by atoms with Gasteiger partial charge in [-0.15, -0.1) is 27.0 Å². The van der Waals surface area contributed by atoms with Crippen molar-refractivity contribution in [2.45, 2.75) is 46.9 Å². The van der Waals surface area contributed by atoms with Gasteiger partial charge in [-0.3, -0.25) is 0 Å². The van der Waals surface area contributed by atoms with E-state index in [1.807, 2.05) is 0 Å². The van der Waals surface area contributed by atoms with Crippen molar-refractivity contribution in [3.8, 4) is 0 Å². The number of sulfonamides is 1. The highest BCUT2D eigenvalue weighted by atomic mass is 35.5. The van der Waals surface area contributed by atoms with Gasteiger partial charge in [-0.2, -0.15) is 0 Å². The van der Waals surface area contributed by atoms with Gasteiger partial charge in [-0.1, -0.05) is 10.7 Å². The average Bonchev–Trinajstić information content (AvgIpc) is 2.12. The van der Waals surface area contributed by atoms with Gasteiger partial charge in [0.05, 0.1) is 6.26 Å². The molecular formula is C9H15Cl2NO2S2. The zero-order valence-corrected chi connectivity index (χ0v) is 12.1. The molecule has 0 aromatic carbocycles. The van der Waals surface area contributed by atoms with E-state index in [9.17, 15) is 8.42 Å². The monoisotopic (exact) mass is 303 g/mol. The van der Waals surface area contributed by atoms with Crippen LogP contribution in [0.4, 0.5) is 0 Å². The quantitative estimate of drug-likeness (QED) is 0.698. The van der Waals surface area contributed by atoms with Crippen molar-refractivity contribution in [2.75, 3.05) is 6.26 Å². The topological polar surface area (TPSA) is 46.5 Å². The molecule has 0 amide bonds. The van der Waals surface area contributed by atoms with E-state index >= 15 is 0 Å². The van der Waals surface area contributed by atoms with E-state index in [-0.39, 0.29) is 21.3 Å². The van der Waals surface area contributed by atoms with Crippen molar-refractivity contribution in [3.05, 3.63) is 0 Å². The van der Waals surface area contributed by atoms with Gasteiger partial charge >= 0.3 is 0 Å². The Morgan fingerprint density at radius 3 is 1.88 bits per heavy atom. The van der Waals surface area contributed by atoms with Gasteiger partial charge in [0.2, 0.25) is 0 Å². The molecule has 2 heterocycles. The second-order valence-electron chi connectivity index (χ2n) is 4.42. The molecule has 3 nitrogen and oxygen atoms in total. The summed E-state index contributed by atoms with van der Waals surface area (Å²) in [6, 6.07) is 0. The van der Waals surface area contributed by atoms with E-state index in [1.165, 1.54) is 0 Å². The first-order valence-corrected chi connectivity index (χ1v) is 9.34. The minimum atomic E-state index is -3.29. The standard InChI is InChI=1S/C9H15Cl2NO2S2/c1-16(13,14)12-15-8-4-2-6(10)9(15)5-3-7(8)11/h6-9H,2-5H2,1H3/t6-,7-,8-,9-/m1/s1. The Labute approximate surface area is 109 Å². The Morgan fingerprint density at radius 2 is 1.50 bits per heavy atom. The highest BCUT2D eigenvalue weighted by molar-refractivity contribution is 8.00. The van der Waals surface area contributed by atoms with Gasteiger partial charge in [-0.05, 0) is 25.7 Å². The van der Waals surface area contributed by atoms with Gasteiger partial charge in [0, 0.05) is 21.3 Å². The van der Waals surface area contributed by atoms with Crippen molar-refractivity contribution >= 4 is 43.9 Å². The maximum atomic E-state index is 11.3. The summed E-state index contributed by atoms with van der Waals surface area (Å²) in [6.07, 6.45) is 4.82. The molecule has 2 aliphatic heterocycles. The van der Waals surface area contributed by atoms with Crippen LogP contribution in [0, 0.1) is 0 Å². The lowest BCUT2D eigenvalue weighted by Gasteiger charge is -2.42. The zero-order valence-electron chi connectivity index (χ0n) is 8.97. The molecule has 2 aliphatic rings. The van der Waals surface area contributed by atoms with Gasteiger partial charge in [0.15, 0.2) is 0 Å². The van der Waals surface area contributed by atoms with Crippen LogP contribution in [0.1, 0.15) is 25.7 Å². The summed E-state index contributed by atoms with van der Waals surface area (Å²) in [5, 5.41) is 0.554. The van der Waals surface area contributed by atoms with Crippen LogP contribution in [0.15, 0.2) is 3.77 Å². The summed E-state index contributed by atoms with van der Waals surface area (Å²) in [5.74, 6) is 0. The van der Waals surface area contributed by atoms with Gasteiger partial charge in [0.1, 0.15) is 0 Å². The number of nitrogens with zero attached hydrogens (tertiary/aromatic N) is 1. The summed E-state index contributed by atoms with van der Waals surface area (Å²) in [6.45, 7) is 0. The van der Waals surface area contributed by atoms with Gasteiger partial charge < -0.3 is 0 Å². The molecular weight excluding hydrogens is 289 g/mol. The summed E-state index contributed by atoms with van der Waals surface area (Å²) in [4.78, 5) is 0.